The Bertz CT molecular complexity index is 395. The van der Waals surface area contributed by atoms with Crippen molar-refractivity contribution in [3.8, 4) is 0 Å². The van der Waals surface area contributed by atoms with Crippen molar-refractivity contribution in [1.82, 2.24) is 0 Å². The number of rotatable bonds is 26. The second-order valence-electron chi connectivity index (χ2n) is 9.01. The fraction of sp³-hybridized carbons (Fsp3) is 0.929. The third-order valence-corrected chi connectivity index (χ3v) is 5.80. The van der Waals surface area contributed by atoms with Crippen molar-refractivity contribution in [2.24, 2.45) is 0 Å². The van der Waals surface area contributed by atoms with E-state index in [2.05, 4.69) is 20.8 Å². The Balaban J connectivity index is 4.52. The van der Waals surface area contributed by atoms with Crippen LogP contribution in [0.4, 0.5) is 0 Å². The molecule has 0 amide bonds. The predicted octanol–water partition coefficient (Wildman–Crippen LogP) is 9.28. The number of allylic oxidation sites excluding steroid dienone is 1. The molecule has 0 atom stereocenters. The molecule has 192 valence electrons. The van der Waals surface area contributed by atoms with E-state index in [1.807, 2.05) is 0 Å². The normalized spacial score (nSPS) is 12.0. The Morgan fingerprint density at radius 3 is 1.41 bits per heavy atom. The molecule has 0 aliphatic rings. The fourth-order valence-electron chi connectivity index (χ4n) is 3.74. The van der Waals surface area contributed by atoms with Crippen molar-refractivity contribution in [2.75, 3.05) is 27.1 Å². The van der Waals surface area contributed by atoms with Gasteiger partial charge >= 0.3 is 5.95 Å². The van der Waals surface area contributed by atoms with Gasteiger partial charge in [0.1, 0.15) is 0 Å². The van der Waals surface area contributed by atoms with Crippen LogP contribution >= 0.6 is 0 Å². The summed E-state index contributed by atoms with van der Waals surface area (Å²) < 4.78 is 23.2. The number of ether oxygens (including phenoxy) is 4. The van der Waals surface area contributed by atoms with E-state index < -0.39 is 0 Å². The first kappa shape index (κ1) is 31.1. The van der Waals surface area contributed by atoms with Crippen LogP contribution in [0.25, 0.3) is 0 Å². The molecule has 0 bridgehead atoms. The zero-order chi connectivity index (χ0) is 23.5. The van der Waals surface area contributed by atoms with Gasteiger partial charge in [-0.25, -0.2) is 0 Å². The van der Waals surface area contributed by atoms with Crippen molar-refractivity contribution in [2.45, 2.75) is 143 Å². The molecule has 0 heterocycles. The minimum absolute atomic E-state index is 0.200. The molecule has 0 radical (unpaired) electrons. The lowest BCUT2D eigenvalue weighted by Gasteiger charge is -2.17. The SMILES string of the molecule is CCCCCCCCCOC(CCCCCC)=C(OCCCCCCCCC)OCOC. The Morgan fingerprint density at radius 1 is 0.469 bits per heavy atom. The molecule has 0 aromatic rings. The Kier molecular flexibility index (Phi) is 25.6. The van der Waals surface area contributed by atoms with Gasteiger partial charge in [-0.1, -0.05) is 117 Å². The van der Waals surface area contributed by atoms with Gasteiger partial charge in [0.15, 0.2) is 12.6 Å². The zero-order valence-electron chi connectivity index (χ0n) is 22.2. The zero-order valence-corrected chi connectivity index (χ0v) is 22.2. The van der Waals surface area contributed by atoms with Crippen molar-refractivity contribution in [3.63, 3.8) is 0 Å². The van der Waals surface area contributed by atoms with Gasteiger partial charge in [0.05, 0.1) is 13.2 Å². The van der Waals surface area contributed by atoms with Crippen LogP contribution in [-0.4, -0.2) is 27.1 Å². The Morgan fingerprint density at radius 2 is 0.906 bits per heavy atom. The first-order valence-electron chi connectivity index (χ1n) is 13.9. The Hall–Kier alpha value is -0.900. The van der Waals surface area contributed by atoms with Crippen LogP contribution in [0.2, 0.25) is 0 Å². The van der Waals surface area contributed by atoms with Crippen LogP contribution in [0.3, 0.4) is 0 Å². The molecule has 32 heavy (non-hydrogen) atoms. The van der Waals surface area contributed by atoms with Crippen LogP contribution in [-0.2, 0) is 18.9 Å². The minimum Gasteiger partial charge on any atom is -0.491 e. The van der Waals surface area contributed by atoms with E-state index in [0.29, 0.717) is 12.6 Å². The molecule has 0 unspecified atom stereocenters. The van der Waals surface area contributed by atoms with Gasteiger partial charge in [0, 0.05) is 13.5 Å². The minimum atomic E-state index is 0.200. The lowest BCUT2D eigenvalue weighted by molar-refractivity contribution is -0.0692. The van der Waals surface area contributed by atoms with Crippen molar-refractivity contribution < 1.29 is 18.9 Å². The van der Waals surface area contributed by atoms with E-state index >= 15 is 0 Å². The monoisotopic (exact) mass is 456 g/mol. The third kappa shape index (κ3) is 21.0. The van der Waals surface area contributed by atoms with Crippen LogP contribution in [0, 0.1) is 0 Å². The molecule has 0 aromatic heterocycles. The first-order valence-corrected chi connectivity index (χ1v) is 13.9. The van der Waals surface area contributed by atoms with Crippen LogP contribution in [0.15, 0.2) is 11.7 Å². The molecule has 0 spiro atoms. The van der Waals surface area contributed by atoms with Crippen molar-refractivity contribution >= 4 is 0 Å². The second-order valence-corrected chi connectivity index (χ2v) is 9.01. The van der Waals surface area contributed by atoms with E-state index in [0.717, 1.165) is 38.0 Å². The van der Waals surface area contributed by atoms with Crippen LogP contribution in [0.1, 0.15) is 143 Å². The summed E-state index contributed by atoms with van der Waals surface area (Å²) in [7, 11) is 1.65. The fourth-order valence-corrected chi connectivity index (χ4v) is 3.74. The van der Waals surface area contributed by atoms with Crippen molar-refractivity contribution in [3.05, 3.63) is 11.7 Å². The lowest BCUT2D eigenvalue weighted by atomic mass is 10.1. The second kappa shape index (κ2) is 26.4. The molecule has 0 N–H and O–H groups in total. The summed E-state index contributed by atoms with van der Waals surface area (Å²) in [6, 6.07) is 0. The summed E-state index contributed by atoms with van der Waals surface area (Å²) in [5.74, 6) is 1.43. The molecular weight excluding hydrogens is 400 g/mol. The summed E-state index contributed by atoms with van der Waals surface area (Å²) >= 11 is 0. The quantitative estimate of drug-likeness (QED) is 0.0738. The van der Waals surface area contributed by atoms with E-state index in [1.165, 1.54) is 96.3 Å². The topological polar surface area (TPSA) is 36.9 Å². The highest BCUT2D eigenvalue weighted by atomic mass is 16.7. The highest BCUT2D eigenvalue weighted by Crippen LogP contribution is 2.20. The summed E-state index contributed by atoms with van der Waals surface area (Å²) in [6.45, 7) is 8.40. The van der Waals surface area contributed by atoms with Gasteiger partial charge in [-0.2, -0.15) is 0 Å². The predicted molar refractivity (Wildman–Crippen MR) is 137 cm³/mol. The summed E-state index contributed by atoms with van der Waals surface area (Å²) in [4.78, 5) is 0. The maximum Gasteiger partial charge on any atom is 0.321 e. The van der Waals surface area contributed by atoms with E-state index in [9.17, 15) is 0 Å². The summed E-state index contributed by atoms with van der Waals surface area (Å²) in [5, 5.41) is 0. The largest absolute Gasteiger partial charge is 0.491 e. The number of hydrogen-bond donors (Lipinski definition) is 0. The highest BCUT2D eigenvalue weighted by Gasteiger charge is 2.13. The molecule has 0 fully saturated rings. The van der Waals surface area contributed by atoms with Crippen LogP contribution in [0.5, 0.6) is 0 Å². The van der Waals surface area contributed by atoms with Gasteiger partial charge in [-0.15, -0.1) is 0 Å². The maximum absolute atomic E-state index is 6.21. The first-order chi connectivity index (χ1) is 15.8. The number of hydrogen-bond acceptors (Lipinski definition) is 4. The summed E-state index contributed by atoms with van der Waals surface area (Å²) in [5.41, 5.74) is 0. The van der Waals surface area contributed by atoms with Gasteiger partial charge in [-0.3, -0.25) is 0 Å². The average molecular weight is 457 g/mol. The van der Waals surface area contributed by atoms with Gasteiger partial charge in [0.25, 0.3) is 0 Å². The third-order valence-electron chi connectivity index (χ3n) is 5.80. The number of unbranched alkanes of at least 4 members (excludes halogenated alkanes) is 15. The standard InChI is InChI=1S/C28H56O4/c1-5-8-11-14-16-18-21-24-30-27(23-20-13-10-7-3)28(32-26-29-4)31-25-22-19-17-15-12-9-6-2/h5-26H2,1-4H3. The molecule has 0 aliphatic carbocycles. The molecule has 0 aliphatic heterocycles. The molecule has 4 heteroatoms. The van der Waals surface area contributed by atoms with E-state index in [-0.39, 0.29) is 6.79 Å². The van der Waals surface area contributed by atoms with Gasteiger partial charge < -0.3 is 18.9 Å². The summed E-state index contributed by atoms with van der Waals surface area (Å²) in [6.07, 6.45) is 23.6. The van der Waals surface area contributed by atoms with Crippen LogP contribution < -0.4 is 0 Å². The average Bonchev–Trinajstić information content (AvgIpc) is 2.81. The van der Waals surface area contributed by atoms with Crippen molar-refractivity contribution in [1.29, 1.82) is 0 Å². The van der Waals surface area contributed by atoms with Gasteiger partial charge in [-0.05, 0) is 19.3 Å². The maximum atomic E-state index is 6.21. The molecule has 0 aromatic carbocycles. The highest BCUT2D eigenvalue weighted by molar-refractivity contribution is 4.95. The van der Waals surface area contributed by atoms with Gasteiger partial charge in [0.2, 0.25) is 0 Å². The number of methoxy groups -OCH3 is 1. The lowest BCUT2D eigenvalue weighted by Crippen LogP contribution is -2.09. The molecular formula is C28H56O4. The molecule has 0 saturated heterocycles. The Labute approximate surface area is 200 Å². The molecule has 4 nitrogen and oxygen atoms in total. The molecule has 0 saturated carbocycles. The van der Waals surface area contributed by atoms with E-state index in [1.54, 1.807) is 7.11 Å². The molecule has 0 rings (SSSR count). The smallest absolute Gasteiger partial charge is 0.321 e. The van der Waals surface area contributed by atoms with E-state index in [4.69, 9.17) is 18.9 Å².